The van der Waals surface area contributed by atoms with Crippen LogP contribution in [-0.2, 0) is 14.8 Å². The highest BCUT2D eigenvalue weighted by atomic mass is 35.5. The minimum absolute atomic E-state index is 0.0375. The first kappa shape index (κ1) is 18.7. The fourth-order valence-corrected chi connectivity index (χ4v) is 4.55. The Hall–Kier alpha value is -2.09. The first-order chi connectivity index (χ1) is 12.4. The maximum Gasteiger partial charge on any atom is 0.339 e. The largest absolute Gasteiger partial charge is 0.465 e. The number of hydrogen-bond acceptors (Lipinski definition) is 5. The number of rotatable bonds is 4. The zero-order valence-electron chi connectivity index (χ0n) is 14.3. The number of benzene rings is 2. The zero-order chi connectivity index (χ0) is 18.7. The topological polar surface area (TPSA) is 66.9 Å². The van der Waals surface area contributed by atoms with Crippen molar-refractivity contribution in [3.05, 3.63) is 59.1 Å². The van der Waals surface area contributed by atoms with Crippen LogP contribution in [0.15, 0.2) is 53.4 Å². The van der Waals surface area contributed by atoms with Crippen LogP contribution in [0.3, 0.4) is 0 Å². The maximum atomic E-state index is 12.9. The highest BCUT2D eigenvalue weighted by Gasteiger charge is 2.29. The van der Waals surface area contributed by atoms with Gasteiger partial charge in [-0.25, -0.2) is 13.2 Å². The van der Waals surface area contributed by atoms with Crippen molar-refractivity contribution in [2.45, 2.75) is 4.90 Å². The molecule has 1 fully saturated rings. The van der Waals surface area contributed by atoms with Gasteiger partial charge < -0.3 is 9.64 Å². The van der Waals surface area contributed by atoms with Crippen LogP contribution < -0.4 is 4.90 Å². The highest BCUT2D eigenvalue weighted by molar-refractivity contribution is 7.89. The number of piperazine rings is 1. The smallest absolute Gasteiger partial charge is 0.339 e. The third-order valence-corrected chi connectivity index (χ3v) is 6.57. The van der Waals surface area contributed by atoms with Crippen LogP contribution in [0.5, 0.6) is 0 Å². The Kier molecular flexibility index (Phi) is 5.50. The van der Waals surface area contributed by atoms with Crippen molar-refractivity contribution in [1.82, 2.24) is 4.31 Å². The average Bonchev–Trinajstić information content (AvgIpc) is 2.68. The molecule has 0 radical (unpaired) electrons. The Bertz CT molecular complexity index is 895. The van der Waals surface area contributed by atoms with E-state index < -0.39 is 16.0 Å². The van der Waals surface area contributed by atoms with Crippen LogP contribution in [0.25, 0.3) is 0 Å². The Morgan fingerprint density at radius 2 is 1.69 bits per heavy atom. The van der Waals surface area contributed by atoms with Gasteiger partial charge in [0.15, 0.2) is 0 Å². The fourth-order valence-electron chi connectivity index (χ4n) is 2.91. The summed E-state index contributed by atoms with van der Waals surface area (Å²) in [5, 5.41) is 0.157. The summed E-state index contributed by atoms with van der Waals surface area (Å²) in [7, 11) is -2.48. The van der Waals surface area contributed by atoms with E-state index in [1.165, 1.54) is 29.6 Å². The van der Waals surface area contributed by atoms with Gasteiger partial charge in [-0.2, -0.15) is 4.31 Å². The molecular weight excluding hydrogens is 376 g/mol. The second-order valence-electron chi connectivity index (χ2n) is 5.86. The third kappa shape index (κ3) is 3.70. The second kappa shape index (κ2) is 7.65. The number of esters is 1. The highest BCUT2D eigenvalue weighted by Crippen LogP contribution is 2.25. The van der Waals surface area contributed by atoms with E-state index in [1.807, 2.05) is 30.3 Å². The summed E-state index contributed by atoms with van der Waals surface area (Å²) < 4.78 is 31.9. The lowest BCUT2D eigenvalue weighted by atomic mass is 10.2. The number of nitrogens with zero attached hydrogens (tertiary/aromatic N) is 2. The molecule has 6 nitrogen and oxygen atoms in total. The number of ether oxygens (including phenoxy) is 1. The molecule has 3 rings (SSSR count). The van der Waals surface area contributed by atoms with Crippen LogP contribution in [-0.4, -0.2) is 52.0 Å². The van der Waals surface area contributed by atoms with Crippen LogP contribution >= 0.6 is 11.6 Å². The van der Waals surface area contributed by atoms with Crippen molar-refractivity contribution >= 4 is 33.3 Å². The second-order valence-corrected chi connectivity index (χ2v) is 8.21. The Morgan fingerprint density at radius 1 is 1.04 bits per heavy atom. The summed E-state index contributed by atoms with van der Waals surface area (Å²) in [6, 6.07) is 14.0. The molecule has 0 aromatic heterocycles. The van der Waals surface area contributed by atoms with Crippen LogP contribution in [0, 0.1) is 0 Å². The number of carbonyl (C=O) groups is 1. The summed E-state index contributed by atoms with van der Waals surface area (Å²) in [6.45, 7) is 1.93. The molecule has 8 heteroatoms. The van der Waals surface area contributed by atoms with Gasteiger partial charge in [-0.15, -0.1) is 0 Å². The molecule has 0 unspecified atom stereocenters. The third-order valence-electron chi connectivity index (χ3n) is 4.34. The lowest BCUT2D eigenvalue weighted by Gasteiger charge is -2.35. The molecule has 138 valence electrons. The van der Waals surface area contributed by atoms with Gasteiger partial charge >= 0.3 is 5.97 Å². The number of methoxy groups -OCH3 is 1. The van der Waals surface area contributed by atoms with E-state index in [2.05, 4.69) is 9.64 Å². The molecule has 0 atom stereocenters. The molecule has 2 aromatic rings. The van der Waals surface area contributed by atoms with Crippen LogP contribution in [0.2, 0.25) is 5.02 Å². The molecule has 0 saturated carbocycles. The van der Waals surface area contributed by atoms with Crippen LogP contribution in [0.4, 0.5) is 5.69 Å². The van der Waals surface area contributed by atoms with Crippen molar-refractivity contribution in [3.8, 4) is 0 Å². The Morgan fingerprint density at radius 3 is 2.31 bits per heavy atom. The molecule has 26 heavy (non-hydrogen) atoms. The number of sulfonamides is 1. The van der Waals surface area contributed by atoms with Crippen molar-refractivity contribution in [2.75, 3.05) is 38.2 Å². The molecular formula is C18H19ClN2O4S. The first-order valence-corrected chi connectivity index (χ1v) is 9.93. The first-order valence-electron chi connectivity index (χ1n) is 8.11. The van der Waals surface area contributed by atoms with Crippen molar-refractivity contribution in [3.63, 3.8) is 0 Å². The summed E-state index contributed by atoms with van der Waals surface area (Å²) >= 11 is 5.98. The minimum atomic E-state index is -3.71. The van der Waals surface area contributed by atoms with Gasteiger partial charge in [-0.05, 0) is 30.3 Å². The van der Waals surface area contributed by atoms with Crippen molar-refractivity contribution in [1.29, 1.82) is 0 Å². The summed E-state index contributed by atoms with van der Waals surface area (Å²) in [4.78, 5) is 14.0. The van der Waals surface area contributed by atoms with E-state index in [9.17, 15) is 13.2 Å². The summed E-state index contributed by atoms with van der Waals surface area (Å²) in [5.41, 5.74) is 1.11. The molecule has 0 bridgehead atoms. The molecule has 1 aliphatic rings. The van der Waals surface area contributed by atoms with E-state index >= 15 is 0 Å². The number of para-hydroxylation sites is 1. The maximum absolute atomic E-state index is 12.9. The van der Waals surface area contributed by atoms with E-state index in [0.29, 0.717) is 26.2 Å². The standard InChI is InChI=1S/C18H19ClN2O4S/c1-25-18(22)16-13-15(7-8-17(16)19)26(23,24)21-11-9-20(10-12-21)14-5-3-2-4-6-14/h2-8,13H,9-12H2,1H3. The molecule has 1 aliphatic heterocycles. The number of carbonyl (C=O) groups excluding carboxylic acids is 1. The summed E-state index contributed by atoms with van der Waals surface area (Å²) in [5.74, 6) is -0.666. The minimum Gasteiger partial charge on any atom is -0.465 e. The lowest BCUT2D eigenvalue weighted by Crippen LogP contribution is -2.48. The average molecular weight is 395 g/mol. The lowest BCUT2D eigenvalue weighted by molar-refractivity contribution is 0.0600. The Balaban J connectivity index is 1.78. The monoisotopic (exact) mass is 394 g/mol. The zero-order valence-corrected chi connectivity index (χ0v) is 15.8. The Labute approximate surface area is 158 Å². The molecule has 0 aliphatic carbocycles. The summed E-state index contributed by atoms with van der Waals surface area (Å²) in [6.07, 6.45) is 0. The van der Waals surface area contributed by atoms with E-state index in [0.717, 1.165) is 5.69 Å². The van der Waals surface area contributed by atoms with Crippen LogP contribution in [0.1, 0.15) is 10.4 Å². The molecule has 0 N–H and O–H groups in total. The molecule has 1 heterocycles. The van der Waals surface area contributed by atoms with Gasteiger partial charge in [0.25, 0.3) is 0 Å². The molecule has 2 aromatic carbocycles. The predicted octanol–water partition coefficient (Wildman–Crippen LogP) is 2.64. The van der Waals surface area contributed by atoms with Gasteiger partial charge in [-0.3, -0.25) is 0 Å². The molecule has 1 saturated heterocycles. The van der Waals surface area contributed by atoms with Gasteiger partial charge in [0.1, 0.15) is 0 Å². The fraction of sp³-hybridized carbons (Fsp3) is 0.278. The predicted molar refractivity (Wildman–Crippen MR) is 100 cm³/mol. The van der Waals surface area contributed by atoms with Gasteiger partial charge in [0, 0.05) is 31.9 Å². The molecule has 0 spiro atoms. The number of hydrogen-bond donors (Lipinski definition) is 0. The SMILES string of the molecule is COC(=O)c1cc(S(=O)(=O)N2CCN(c3ccccc3)CC2)ccc1Cl. The van der Waals surface area contributed by atoms with Crippen molar-refractivity contribution in [2.24, 2.45) is 0 Å². The van der Waals surface area contributed by atoms with E-state index in [4.69, 9.17) is 11.6 Å². The number of anilines is 1. The van der Waals surface area contributed by atoms with E-state index in [1.54, 1.807) is 0 Å². The van der Waals surface area contributed by atoms with Gasteiger partial charge in [0.2, 0.25) is 10.0 Å². The van der Waals surface area contributed by atoms with Gasteiger partial charge in [-0.1, -0.05) is 29.8 Å². The number of halogens is 1. The quantitative estimate of drug-likeness (QED) is 0.746. The normalized spacial score (nSPS) is 15.7. The molecule has 0 amide bonds. The van der Waals surface area contributed by atoms with Crippen molar-refractivity contribution < 1.29 is 17.9 Å². The van der Waals surface area contributed by atoms with E-state index in [-0.39, 0.29) is 15.5 Å². The van der Waals surface area contributed by atoms with Gasteiger partial charge in [0.05, 0.1) is 22.6 Å².